The standard InChI is InChI=1S/C20H22N4OS/c1-11-13(3)26-20-17(11)19(25)23-18(24-20)12(2)21-9-8-14-10-22-16-7-5-4-6-15(14)16/h4-7,10,12,21-22H,8-9H2,1-3H3,(H,23,24,25)/t12-/m0/s1. The normalized spacial score (nSPS) is 12.9. The molecule has 3 heterocycles. The number of nitrogens with zero attached hydrogens (tertiary/aromatic N) is 1. The van der Waals surface area contributed by atoms with E-state index in [4.69, 9.17) is 0 Å². The average molecular weight is 366 g/mol. The van der Waals surface area contributed by atoms with Crippen molar-refractivity contribution in [3.05, 3.63) is 62.6 Å². The van der Waals surface area contributed by atoms with E-state index in [9.17, 15) is 4.79 Å². The Kier molecular flexibility index (Phi) is 4.38. The van der Waals surface area contributed by atoms with Crippen molar-refractivity contribution < 1.29 is 0 Å². The molecule has 0 aliphatic carbocycles. The second-order valence-corrected chi connectivity index (χ2v) is 7.90. The summed E-state index contributed by atoms with van der Waals surface area (Å²) in [6, 6.07) is 8.31. The zero-order valence-electron chi connectivity index (χ0n) is 15.1. The number of benzene rings is 1. The van der Waals surface area contributed by atoms with Crippen molar-refractivity contribution in [2.45, 2.75) is 33.2 Å². The van der Waals surface area contributed by atoms with E-state index in [1.54, 1.807) is 11.3 Å². The van der Waals surface area contributed by atoms with Crippen LogP contribution in [0.3, 0.4) is 0 Å². The molecule has 0 radical (unpaired) electrons. The first-order valence-corrected chi connectivity index (χ1v) is 9.64. The minimum Gasteiger partial charge on any atom is -0.361 e. The zero-order valence-corrected chi connectivity index (χ0v) is 16.0. The van der Waals surface area contributed by atoms with Crippen molar-refractivity contribution >= 4 is 32.5 Å². The number of para-hydroxylation sites is 1. The third-order valence-electron chi connectivity index (χ3n) is 4.99. The van der Waals surface area contributed by atoms with Gasteiger partial charge in [0.05, 0.1) is 11.4 Å². The SMILES string of the molecule is Cc1sc2nc([C@H](C)NCCc3c[nH]c4ccccc34)[nH]c(=O)c2c1C. The quantitative estimate of drug-likeness (QED) is 0.500. The van der Waals surface area contributed by atoms with Crippen LogP contribution >= 0.6 is 11.3 Å². The summed E-state index contributed by atoms with van der Waals surface area (Å²) >= 11 is 1.58. The Morgan fingerprint density at radius 2 is 2.08 bits per heavy atom. The first-order chi connectivity index (χ1) is 12.5. The fourth-order valence-electron chi connectivity index (χ4n) is 3.33. The molecule has 0 aliphatic heterocycles. The summed E-state index contributed by atoms with van der Waals surface area (Å²) in [6.45, 7) is 6.86. The highest BCUT2D eigenvalue weighted by Crippen LogP contribution is 2.26. The van der Waals surface area contributed by atoms with Crippen LogP contribution < -0.4 is 10.9 Å². The average Bonchev–Trinajstić information content (AvgIpc) is 3.16. The monoisotopic (exact) mass is 366 g/mol. The van der Waals surface area contributed by atoms with Gasteiger partial charge in [0.2, 0.25) is 0 Å². The summed E-state index contributed by atoms with van der Waals surface area (Å²) in [6.07, 6.45) is 2.98. The van der Waals surface area contributed by atoms with E-state index >= 15 is 0 Å². The van der Waals surface area contributed by atoms with E-state index in [1.165, 1.54) is 10.9 Å². The number of hydrogen-bond donors (Lipinski definition) is 3. The summed E-state index contributed by atoms with van der Waals surface area (Å²) in [7, 11) is 0. The van der Waals surface area contributed by atoms with E-state index < -0.39 is 0 Å². The maximum Gasteiger partial charge on any atom is 0.259 e. The number of thiophene rings is 1. The molecule has 0 bridgehead atoms. The number of hydrogen-bond acceptors (Lipinski definition) is 4. The molecule has 3 N–H and O–H groups in total. The molecule has 134 valence electrons. The minimum absolute atomic E-state index is 0.0139. The van der Waals surface area contributed by atoms with Gasteiger partial charge in [-0.15, -0.1) is 11.3 Å². The Hall–Kier alpha value is -2.44. The molecule has 0 saturated carbocycles. The molecule has 1 aromatic carbocycles. The van der Waals surface area contributed by atoms with Gasteiger partial charge < -0.3 is 15.3 Å². The summed E-state index contributed by atoms with van der Waals surface area (Å²) in [5.74, 6) is 0.697. The Balaban J connectivity index is 1.49. The first-order valence-electron chi connectivity index (χ1n) is 8.83. The molecule has 6 heteroatoms. The largest absolute Gasteiger partial charge is 0.361 e. The van der Waals surface area contributed by atoms with E-state index in [1.807, 2.05) is 26.8 Å². The van der Waals surface area contributed by atoms with Crippen molar-refractivity contribution in [2.24, 2.45) is 0 Å². The van der Waals surface area contributed by atoms with Crippen LogP contribution in [0, 0.1) is 13.8 Å². The van der Waals surface area contributed by atoms with Crippen LogP contribution in [0.2, 0.25) is 0 Å². The van der Waals surface area contributed by atoms with Gasteiger partial charge in [-0.25, -0.2) is 4.98 Å². The molecule has 0 aliphatic rings. The van der Waals surface area contributed by atoms with Crippen molar-refractivity contribution in [3.63, 3.8) is 0 Å². The van der Waals surface area contributed by atoms with E-state index in [2.05, 4.69) is 44.7 Å². The molecule has 3 aromatic heterocycles. The molecule has 0 spiro atoms. The fourth-order valence-corrected chi connectivity index (χ4v) is 4.37. The molecule has 0 saturated heterocycles. The number of H-pyrrole nitrogens is 2. The molecule has 0 amide bonds. The van der Waals surface area contributed by atoms with Gasteiger partial charge in [0.25, 0.3) is 5.56 Å². The number of nitrogens with one attached hydrogen (secondary N) is 3. The third-order valence-corrected chi connectivity index (χ3v) is 6.09. The topological polar surface area (TPSA) is 73.6 Å². The molecular formula is C20H22N4OS. The van der Waals surface area contributed by atoms with E-state index in [0.717, 1.165) is 39.1 Å². The first kappa shape index (κ1) is 17.0. The zero-order chi connectivity index (χ0) is 18.3. The summed E-state index contributed by atoms with van der Waals surface area (Å²) in [5, 5.41) is 5.46. The lowest BCUT2D eigenvalue weighted by Crippen LogP contribution is -2.25. The van der Waals surface area contributed by atoms with Crippen LogP contribution in [0.25, 0.3) is 21.1 Å². The highest BCUT2D eigenvalue weighted by atomic mass is 32.1. The molecule has 5 nitrogen and oxygen atoms in total. The second kappa shape index (κ2) is 6.70. The molecule has 4 rings (SSSR count). The smallest absolute Gasteiger partial charge is 0.259 e. The highest BCUT2D eigenvalue weighted by Gasteiger charge is 2.15. The van der Waals surface area contributed by atoms with Gasteiger partial charge in [-0.2, -0.15) is 0 Å². The molecule has 26 heavy (non-hydrogen) atoms. The van der Waals surface area contributed by atoms with Crippen molar-refractivity contribution in [3.8, 4) is 0 Å². The molecule has 4 aromatic rings. The van der Waals surface area contributed by atoms with Crippen molar-refractivity contribution in [1.82, 2.24) is 20.3 Å². The van der Waals surface area contributed by atoms with Crippen molar-refractivity contribution in [1.29, 1.82) is 0 Å². The summed E-state index contributed by atoms with van der Waals surface area (Å²) in [4.78, 5) is 25.3. The molecular weight excluding hydrogens is 344 g/mol. The van der Waals surface area contributed by atoms with Crippen LogP contribution in [0.1, 0.15) is 34.8 Å². The number of aromatic amines is 2. The Morgan fingerprint density at radius 3 is 2.92 bits per heavy atom. The Labute approximate surface area is 155 Å². The van der Waals surface area contributed by atoms with Crippen LogP contribution in [-0.4, -0.2) is 21.5 Å². The van der Waals surface area contributed by atoms with Gasteiger partial charge in [0.1, 0.15) is 10.7 Å². The Morgan fingerprint density at radius 1 is 1.27 bits per heavy atom. The highest BCUT2D eigenvalue weighted by molar-refractivity contribution is 7.18. The van der Waals surface area contributed by atoms with Crippen LogP contribution in [0.5, 0.6) is 0 Å². The number of aromatic nitrogens is 3. The van der Waals surface area contributed by atoms with Crippen LogP contribution in [0.4, 0.5) is 0 Å². The molecule has 0 unspecified atom stereocenters. The summed E-state index contributed by atoms with van der Waals surface area (Å²) < 4.78 is 0. The van der Waals surface area contributed by atoms with Crippen molar-refractivity contribution in [2.75, 3.05) is 6.54 Å². The van der Waals surface area contributed by atoms with Gasteiger partial charge in [0.15, 0.2) is 0 Å². The van der Waals surface area contributed by atoms with E-state index in [0.29, 0.717) is 5.82 Å². The van der Waals surface area contributed by atoms with Gasteiger partial charge in [-0.3, -0.25) is 4.79 Å². The minimum atomic E-state index is -0.0443. The van der Waals surface area contributed by atoms with Crippen LogP contribution in [0.15, 0.2) is 35.3 Å². The second-order valence-electron chi connectivity index (χ2n) is 6.70. The van der Waals surface area contributed by atoms with Crippen LogP contribution in [-0.2, 0) is 6.42 Å². The lowest BCUT2D eigenvalue weighted by Gasteiger charge is -2.13. The number of aryl methyl sites for hydroxylation is 2. The van der Waals surface area contributed by atoms with Gasteiger partial charge in [0, 0.05) is 22.0 Å². The van der Waals surface area contributed by atoms with Gasteiger partial charge in [-0.1, -0.05) is 18.2 Å². The fraction of sp³-hybridized carbons (Fsp3) is 0.300. The Bertz CT molecular complexity index is 1140. The molecule has 1 atom stereocenters. The number of fused-ring (bicyclic) bond motifs is 2. The van der Waals surface area contributed by atoms with Gasteiger partial charge in [-0.05, 0) is 50.9 Å². The van der Waals surface area contributed by atoms with E-state index in [-0.39, 0.29) is 11.6 Å². The third kappa shape index (κ3) is 2.95. The predicted octanol–water partition coefficient (Wildman–Crippen LogP) is 3.98. The number of rotatable bonds is 5. The maximum atomic E-state index is 12.4. The predicted molar refractivity (Wildman–Crippen MR) is 108 cm³/mol. The lowest BCUT2D eigenvalue weighted by molar-refractivity contribution is 0.550. The van der Waals surface area contributed by atoms with Gasteiger partial charge >= 0.3 is 0 Å². The lowest BCUT2D eigenvalue weighted by atomic mass is 10.1. The molecule has 0 fully saturated rings. The maximum absolute atomic E-state index is 12.4. The summed E-state index contributed by atoms with van der Waals surface area (Å²) in [5.41, 5.74) is 3.44.